The number of carbonyl (C=O) groups is 1. The second-order valence-electron chi connectivity index (χ2n) is 4.46. The minimum Gasteiger partial charge on any atom is -0.337 e. The molecule has 0 unspecified atom stereocenters. The van der Waals surface area contributed by atoms with E-state index in [9.17, 15) is 10.1 Å². The standard InChI is InChI=1S/C14H15ClN2OS2/c15-11-3-1-2-10(6-11)13(8-16)17-14(18)7-12-9-19-4-5-20-12/h1-3,6,12-13H,4-5,7,9H2,(H,17,18)/t12-,13-/m0/s1. The van der Waals surface area contributed by atoms with Gasteiger partial charge in [0.05, 0.1) is 6.07 Å². The molecule has 2 atom stereocenters. The second-order valence-corrected chi connectivity index (χ2v) is 7.45. The van der Waals surface area contributed by atoms with Crippen molar-refractivity contribution in [2.75, 3.05) is 17.3 Å². The summed E-state index contributed by atoms with van der Waals surface area (Å²) in [5, 5.41) is 12.9. The average Bonchev–Trinajstić information content (AvgIpc) is 2.46. The molecular weight excluding hydrogens is 312 g/mol. The first kappa shape index (κ1) is 15.6. The van der Waals surface area contributed by atoms with Gasteiger partial charge in [0.1, 0.15) is 6.04 Å². The number of nitrogens with zero attached hydrogens (tertiary/aromatic N) is 1. The molecule has 0 radical (unpaired) electrons. The van der Waals surface area contributed by atoms with Gasteiger partial charge in [-0.2, -0.15) is 28.8 Å². The Balaban J connectivity index is 1.92. The third kappa shape index (κ3) is 4.62. The van der Waals surface area contributed by atoms with Crippen LogP contribution in [0.25, 0.3) is 0 Å². The van der Waals surface area contributed by atoms with Crippen molar-refractivity contribution in [3.63, 3.8) is 0 Å². The van der Waals surface area contributed by atoms with Crippen molar-refractivity contribution in [3.05, 3.63) is 34.9 Å². The first-order chi connectivity index (χ1) is 9.69. The van der Waals surface area contributed by atoms with E-state index in [0.29, 0.717) is 16.7 Å². The fourth-order valence-electron chi connectivity index (χ4n) is 1.96. The number of carbonyl (C=O) groups excluding carboxylic acids is 1. The Morgan fingerprint density at radius 2 is 2.40 bits per heavy atom. The zero-order valence-electron chi connectivity index (χ0n) is 10.8. The van der Waals surface area contributed by atoms with Crippen LogP contribution in [-0.2, 0) is 4.79 Å². The van der Waals surface area contributed by atoms with E-state index < -0.39 is 6.04 Å². The highest BCUT2D eigenvalue weighted by atomic mass is 35.5. The van der Waals surface area contributed by atoms with Gasteiger partial charge in [0, 0.05) is 34.0 Å². The lowest BCUT2D eigenvalue weighted by Gasteiger charge is -2.21. The molecule has 1 aliphatic rings. The Bertz CT molecular complexity index is 512. The monoisotopic (exact) mass is 326 g/mol. The molecule has 1 saturated heterocycles. The van der Waals surface area contributed by atoms with E-state index >= 15 is 0 Å². The van der Waals surface area contributed by atoms with E-state index in [1.807, 2.05) is 23.5 Å². The normalized spacial score (nSPS) is 19.9. The van der Waals surface area contributed by atoms with Crippen molar-refractivity contribution in [1.29, 1.82) is 5.26 Å². The number of nitrogens with one attached hydrogen (secondary N) is 1. The van der Waals surface area contributed by atoms with E-state index in [1.165, 1.54) is 0 Å². The lowest BCUT2D eigenvalue weighted by Crippen LogP contribution is -2.31. The van der Waals surface area contributed by atoms with Gasteiger partial charge in [-0.3, -0.25) is 4.79 Å². The van der Waals surface area contributed by atoms with Crippen LogP contribution in [0.3, 0.4) is 0 Å². The second kappa shape index (κ2) is 7.82. The number of benzene rings is 1. The molecule has 1 heterocycles. The molecule has 0 bridgehead atoms. The SMILES string of the molecule is N#C[C@H](NC(=O)C[C@H]1CSCCS1)c1cccc(Cl)c1. The number of rotatable bonds is 4. The summed E-state index contributed by atoms with van der Waals surface area (Å²) in [4.78, 5) is 12.0. The summed E-state index contributed by atoms with van der Waals surface area (Å²) in [7, 11) is 0. The number of nitriles is 1. The van der Waals surface area contributed by atoms with Crippen molar-refractivity contribution in [3.8, 4) is 6.07 Å². The van der Waals surface area contributed by atoms with E-state index in [1.54, 1.807) is 24.3 Å². The van der Waals surface area contributed by atoms with E-state index in [0.717, 1.165) is 22.8 Å². The molecule has 1 amide bonds. The quantitative estimate of drug-likeness (QED) is 0.922. The molecule has 1 aliphatic heterocycles. The van der Waals surface area contributed by atoms with Crippen LogP contribution < -0.4 is 5.32 Å². The molecule has 0 spiro atoms. The van der Waals surface area contributed by atoms with Crippen LogP contribution in [0.2, 0.25) is 5.02 Å². The molecule has 20 heavy (non-hydrogen) atoms. The zero-order chi connectivity index (χ0) is 14.4. The van der Waals surface area contributed by atoms with Crippen LogP contribution in [0, 0.1) is 11.3 Å². The molecule has 3 nitrogen and oxygen atoms in total. The topological polar surface area (TPSA) is 52.9 Å². The third-order valence-corrected chi connectivity index (χ3v) is 5.99. The van der Waals surface area contributed by atoms with Crippen LogP contribution in [0.1, 0.15) is 18.0 Å². The van der Waals surface area contributed by atoms with E-state index in [4.69, 9.17) is 11.6 Å². The molecule has 1 N–H and O–H groups in total. The summed E-state index contributed by atoms with van der Waals surface area (Å²) < 4.78 is 0. The highest BCUT2D eigenvalue weighted by Crippen LogP contribution is 2.26. The van der Waals surface area contributed by atoms with Crippen molar-refractivity contribution >= 4 is 41.0 Å². The molecule has 0 aromatic heterocycles. The molecular formula is C14H15ClN2OS2. The maximum absolute atomic E-state index is 12.0. The summed E-state index contributed by atoms with van der Waals surface area (Å²) in [6, 6.07) is 8.51. The Morgan fingerprint density at radius 1 is 1.55 bits per heavy atom. The van der Waals surface area contributed by atoms with Crippen LogP contribution in [0.5, 0.6) is 0 Å². The van der Waals surface area contributed by atoms with Gasteiger partial charge in [0.15, 0.2) is 0 Å². The molecule has 1 fully saturated rings. The van der Waals surface area contributed by atoms with Gasteiger partial charge >= 0.3 is 0 Å². The lowest BCUT2D eigenvalue weighted by atomic mass is 10.1. The fraction of sp³-hybridized carbons (Fsp3) is 0.429. The van der Waals surface area contributed by atoms with Crippen LogP contribution in [0.15, 0.2) is 24.3 Å². The van der Waals surface area contributed by atoms with Gasteiger partial charge in [-0.1, -0.05) is 23.7 Å². The van der Waals surface area contributed by atoms with Crippen LogP contribution in [0.4, 0.5) is 0 Å². The van der Waals surface area contributed by atoms with E-state index in [-0.39, 0.29) is 5.91 Å². The van der Waals surface area contributed by atoms with Crippen molar-refractivity contribution in [2.45, 2.75) is 17.7 Å². The first-order valence-electron chi connectivity index (χ1n) is 6.33. The molecule has 1 aromatic rings. The first-order valence-corrected chi connectivity index (χ1v) is 8.91. The molecule has 2 rings (SSSR count). The summed E-state index contributed by atoms with van der Waals surface area (Å²) in [6.07, 6.45) is 0.469. The Labute approximate surface area is 132 Å². The molecule has 6 heteroatoms. The van der Waals surface area contributed by atoms with Gasteiger partial charge < -0.3 is 5.32 Å². The number of hydrogen-bond acceptors (Lipinski definition) is 4. The Kier molecular flexibility index (Phi) is 6.08. The summed E-state index contributed by atoms with van der Waals surface area (Å²) in [5.74, 6) is 3.19. The van der Waals surface area contributed by atoms with E-state index in [2.05, 4.69) is 11.4 Å². The van der Waals surface area contributed by atoms with Gasteiger partial charge in [-0.25, -0.2) is 0 Å². The maximum atomic E-state index is 12.0. The molecule has 106 valence electrons. The zero-order valence-corrected chi connectivity index (χ0v) is 13.2. The number of thioether (sulfide) groups is 2. The number of halogens is 1. The van der Waals surface area contributed by atoms with Crippen molar-refractivity contribution < 1.29 is 4.79 Å². The molecule has 0 aliphatic carbocycles. The molecule has 0 saturated carbocycles. The fourth-order valence-corrected chi connectivity index (χ4v) is 4.84. The van der Waals surface area contributed by atoms with Gasteiger partial charge in [0.2, 0.25) is 5.91 Å². The summed E-state index contributed by atoms with van der Waals surface area (Å²) >= 11 is 9.63. The van der Waals surface area contributed by atoms with Crippen molar-refractivity contribution in [1.82, 2.24) is 5.32 Å². The Hall–Kier alpha value is -0.830. The van der Waals surface area contributed by atoms with Crippen LogP contribution in [-0.4, -0.2) is 28.4 Å². The Morgan fingerprint density at radius 3 is 3.05 bits per heavy atom. The van der Waals surface area contributed by atoms with Crippen LogP contribution >= 0.6 is 35.1 Å². The van der Waals surface area contributed by atoms with Gasteiger partial charge in [0.25, 0.3) is 0 Å². The minimum absolute atomic E-state index is 0.0727. The lowest BCUT2D eigenvalue weighted by molar-refractivity contribution is -0.121. The largest absolute Gasteiger partial charge is 0.337 e. The minimum atomic E-state index is -0.637. The van der Waals surface area contributed by atoms with Gasteiger partial charge in [-0.15, -0.1) is 0 Å². The maximum Gasteiger partial charge on any atom is 0.222 e. The molecule has 1 aromatic carbocycles. The summed E-state index contributed by atoms with van der Waals surface area (Å²) in [5.41, 5.74) is 0.721. The van der Waals surface area contributed by atoms with Crippen molar-refractivity contribution in [2.24, 2.45) is 0 Å². The number of amides is 1. The highest BCUT2D eigenvalue weighted by Gasteiger charge is 2.20. The average molecular weight is 327 g/mol. The third-order valence-electron chi connectivity index (χ3n) is 2.91. The highest BCUT2D eigenvalue weighted by molar-refractivity contribution is 8.06. The van der Waals surface area contributed by atoms with Gasteiger partial charge in [-0.05, 0) is 17.7 Å². The summed E-state index contributed by atoms with van der Waals surface area (Å²) in [6.45, 7) is 0. The predicted octanol–water partition coefficient (Wildman–Crippen LogP) is 3.26. The predicted molar refractivity (Wildman–Crippen MR) is 86.1 cm³/mol. The number of hydrogen-bond donors (Lipinski definition) is 1. The smallest absolute Gasteiger partial charge is 0.222 e.